The van der Waals surface area contributed by atoms with E-state index < -0.39 is 0 Å². The van der Waals surface area contributed by atoms with Gasteiger partial charge in [0, 0.05) is 6.04 Å². The van der Waals surface area contributed by atoms with E-state index in [-0.39, 0.29) is 0 Å². The van der Waals surface area contributed by atoms with Crippen molar-refractivity contribution in [2.75, 3.05) is 13.1 Å². The van der Waals surface area contributed by atoms with Gasteiger partial charge in [-0.05, 0) is 70.4 Å². The largest absolute Gasteiger partial charge is 0.301 e. The molecule has 1 nitrogen and oxygen atoms in total. The van der Waals surface area contributed by atoms with Crippen LogP contribution in [-0.2, 0) is 0 Å². The Balaban J connectivity index is 1.82. The van der Waals surface area contributed by atoms with Gasteiger partial charge in [0.25, 0.3) is 0 Å². The molecule has 1 heterocycles. The second kappa shape index (κ2) is 5.08. The third kappa shape index (κ3) is 2.30. The van der Waals surface area contributed by atoms with E-state index in [0.717, 1.165) is 17.4 Å². The van der Waals surface area contributed by atoms with Gasteiger partial charge in [-0.3, -0.25) is 0 Å². The van der Waals surface area contributed by atoms with E-state index in [1.165, 1.54) is 58.0 Å². The Bertz CT molecular complexity index is 213. The second-order valence-corrected chi connectivity index (χ2v) is 6.37. The van der Waals surface area contributed by atoms with Crippen molar-refractivity contribution in [3.63, 3.8) is 0 Å². The van der Waals surface area contributed by atoms with Crippen LogP contribution in [0.3, 0.4) is 0 Å². The Kier molecular flexibility index (Phi) is 3.94. The van der Waals surface area contributed by atoms with Crippen LogP contribution < -0.4 is 0 Å². The van der Waals surface area contributed by atoms with Crippen molar-refractivity contribution in [1.82, 2.24) is 4.90 Å². The van der Waals surface area contributed by atoms with Crippen LogP contribution in [0.4, 0.5) is 0 Å². The van der Waals surface area contributed by atoms with E-state index in [0.29, 0.717) is 0 Å². The molecule has 94 valence electrons. The summed E-state index contributed by atoms with van der Waals surface area (Å²) in [4.78, 5) is 2.67. The first-order valence-electron chi connectivity index (χ1n) is 7.42. The molecule has 1 saturated heterocycles. The molecule has 1 spiro atoms. The number of piperidine rings is 1. The molecule has 2 aliphatic rings. The monoisotopic (exact) mass is 223 g/mol. The van der Waals surface area contributed by atoms with Crippen molar-refractivity contribution in [3.05, 3.63) is 0 Å². The van der Waals surface area contributed by atoms with Crippen LogP contribution in [-0.4, -0.2) is 24.0 Å². The molecule has 0 amide bonds. The smallest absolute Gasteiger partial charge is 0.00385 e. The zero-order valence-corrected chi connectivity index (χ0v) is 11.5. The third-order valence-electron chi connectivity index (χ3n) is 5.29. The highest BCUT2D eigenvalue weighted by atomic mass is 15.2. The van der Waals surface area contributed by atoms with E-state index in [1.54, 1.807) is 0 Å². The van der Waals surface area contributed by atoms with Gasteiger partial charge in [0.1, 0.15) is 0 Å². The van der Waals surface area contributed by atoms with Crippen molar-refractivity contribution in [1.29, 1.82) is 0 Å². The Hall–Kier alpha value is -0.0400. The molecule has 2 rings (SSSR count). The summed E-state index contributed by atoms with van der Waals surface area (Å²) in [5.41, 5.74) is 0.792. The SMILES string of the molecule is CCCCC1CCC12CCN(C(C)C)CC2. The van der Waals surface area contributed by atoms with Gasteiger partial charge >= 0.3 is 0 Å². The van der Waals surface area contributed by atoms with E-state index in [4.69, 9.17) is 0 Å². The average Bonchev–Trinajstić information content (AvgIpc) is 2.28. The predicted octanol–water partition coefficient (Wildman–Crippen LogP) is 4.08. The minimum atomic E-state index is 0.756. The van der Waals surface area contributed by atoms with Gasteiger partial charge in [-0.2, -0.15) is 0 Å². The summed E-state index contributed by atoms with van der Waals surface area (Å²) < 4.78 is 0. The summed E-state index contributed by atoms with van der Waals surface area (Å²) in [6.07, 6.45) is 10.4. The lowest BCUT2D eigenvalue weighted by Gasteiger charge is -2.55. The van der Waals surface area contributed by atoms with Crippen LogP contribution in [0.1, 0.15) is 65.7 Å². The summed E-state index contributed by atoms with van der Waals surface area (Å²) >= 11 is 0. The average molecular weight is 223 g/mol. The minimum Gasteiger partial charge on any atom is -0.301 e. The summed E-state index contributed by atoms with van der Waals surface area (Å²) in [6, 6.07) is 0.756. The first-order chi connectivity index (χ1) is 7.68. The number of unbranched alkanes of at least 4 members (excludes halogenated alkanes) is 1. The molecule has 16 heavy (non-hydrogen) atoms. The minimum absolute atomic E-state index is 0.756. The van der Waals surface area contributed by atoms with Crippen molar-refractivity contribution in [2.24, 2.45) is 11.3 Å². The van der Waals surface area contributed by atoms with Gasteiger partial charge < -0.3 is 4.90 Å². The van der Waals surface area contributed by atoms with Gasteiger partial charge in [-0.15, -0.1) is 0 Å². The van der Waals surface area contributed by atoms with Crippen LogP contribution in [0, 0.1) is 11.3 Å². The molecule has 1 unspecified atom stereocenters. The van der Waals surface area contributed by atoms with E-state index in [2.05, 4.69) is 25.7 Å². The topological polar surface area (TPSA) is 3.24 Å². The number of likely N-dealkylation sites (tertiary alicyclic amines) is 1. The fraction of sp³-hybridized carbons (Fsp3) is 1.00. The van der Waals surface area contributed by atoms with Crippen molar-refractivity contribution >= 4 is 0 Å². The fourth-order valence-corrected chi connectivity index (χ4v) is 3.80. The van der Waals surface area contributed by atoms with E-state index >= 15 is 0 Å². The molecule has 0 aromatic heterocycles. The van der Waals surface area contributed by atoms with Crippen molar-refractivity contribution in [2.45, 2.75) is 71.8 Å². The maximum absolute atomic E-state index is 2.67. The molecule has 0 bridgehead atoms. The maximum atomic E-state index is 2.67. The van der Waals surface area contributed by atoms with Gasteiger partial charge in [0.2, 0.25) is 0 Å². The lowest BCUT2D eigenvalue weighted by atomic mass is 9.54. The highest BCUT2D eigenvalue weighted by Gasteiger charge is 2.47. The van der Waals surface area contributed by atoms with Crippen molar-refractivity contribution < 1.29 is 0 Å². The normalized spacial score (nSPS) is 29.6. The van der Waals surface area contributed by atoms with E-state index in [1.807, 2.05) is 0 Å². The fourth-order valence-electron chi connectivity index (χ4n) is 3.80. The van der Waals surface area contributed by atoms with Crippen LogP contribution in [0.25, 0.3) is 0 Å². The molecule has 0 N–H and O–H groups in total. The number of hydrogen-bond donors (Lipinski definition) is 0. The summed E-state index contributed by atoms with van der Waals surface area (Å²) in [5, 5.41) is 0. The summed E-state index contributed by atoms with van der Waals surface area (Å²) in [7, 11) is 0. The molecule has 2 fully saturated rings. The van der Waals surface area contributed by atoms with E-state index in [9.17, 15) is 0 Å². The van der Waals surface area contributed by atoms with Crippen LogP contribution in [0.5, 0.6) is 0 Å². The lowest BCUT2D eigenvalue weighted by Crippen LogP contribution is -2.50. The number of hydrogen-bond acceptors (Lipinski definition) is 1. The first-order valence-corrected chi connectivity index (χ1v) is 7.42. The van der Waals surface area contributed by atoms with Gasteiger partial charge in [-0.1, -0.05) is 19.8 Å². The summed E-state index contributed by atoms with van der Waals surface area (Å²) in [6.45, 7) is 9.73. The van der Waals surface area contributed by atoms with Crippen LogP contribution in [0.15, 0.2) is 0 Å². The summed E-state index contributed by atoms with van der Waals surface area (Å²) in [5.74, 6) is 1.08. The molecule has 0 radical (unpaired) electrons. The Labute approximate surface area is 102 Å². The molecule has 1 saturated carbocycles. The molecule has 0 aromatic carbocycles. The predicted molar refractivity (Wildman–Crippen MR) is 70.6 cm³/mol. The number of rotatable bonds is 4. The molecular weight excluding hydrogens is 194 g/mol. The maximum Gasteiger partial charge on any atom is 0.00385 e. The Morgan fingerprint density at radius 2 is 1.88 bits per heavy atom. The Morgan fingerprint density at radius 1 is 1.19 bits per heavy atom. The Morgan fingerprint density at radius 3 is 2.31 bits per heavy atom. The first kappa shape index (κ1) is 12.4. The van der Waals surface area contributed by atoms with Gasteiger partial charge in [-0.25, -0.2) is 0 Å². The molecular formula is C15H29N. The second-order valence-electron chi connectivity index (χ2n) is 6.37. The number of nitrogens with zero attached hydrogens (tertiary/aromatic N) is 1. The zero-order valence-electron chi connectivity index (χ0n) is 11.5. The van der Waals surface area contributed by atoms with Gasteiger partial charge in [0.15, 0.2) is 0 Å². The zero-order chi connectivity index (χ0) is 11.6. The molecule has 1 atom stereocenters. The van der Waals surface area contributed by atoms with Crippen LogP contribution >= 0.6 is 0 Å². The molecule has 1 aliphatic heterocycles. The molecule has 1 heteroatoms. The quantitative estimate of drug-likeness (QED) is 0.694. The standard InChI is InChI=1S/C15H29N/c1-4-5-6-14-7-8-15(14)9-11-16(12-10-15)13(2)3/h13-14H,4-12H2,1-3H3. The highest BCUT2D eigenvalue weighted by Crippen LogP contribution is 2.55. The molecule has 1 aliphatic carbocycles. The lowest BCUT2D eigenvalue weighted by molar-refractivity contribution is -0.0449. The molecule has 0 aromatic rings. The van der Waals surface area contributed by atoms with Crippen LogP contribution in [0.2, 0.25) is 0 Å². The van der Waals surface area contributed by atoms with Crippen molar-refractivity contribution in [3.8, 4) is 0 Å². The third-order valence-corrected chi connectivity index (χ3v) is 5.29. The highest BCUT2D eigenvalue weighted by molar-refractivity contribution is 4.98. The van der Waals surface area contributed by atoms with Gasteiger partial charge in [0.05, 0.1) is 0 Å².